The maximum Gasteiger partial charge on any atom is 0.416 e. The molecule has 0 aromatic heterocycles. The highest BCUT2D eigenvalue weighted by atomic mass is 19.4. The zero-order valence-electron chi connectivity index (χ0n) is 17.7. The Labute approximate surface area is 180 Å². The van der Waals surface area contributed by atoms with Crippen molar-refractivity contribution in [2.24, 2.45) is 5.92 Å². The van der Waals surface area contributed by atoms with E-state index in [1.54, 1.807) is 36.1 Å². The van der Waals surface area contributed by atoms with Crippen LogP contribution < -0.4 is 0 Å². The predicted octanol–water partition coefficient (Wildman–Crippen LogP) is 5.24. The van der Waals surface area contributed by atoms with Gasteiger partial charge in [0.05, 0.1) is 18.6 Å². The number of rotatable bonds is 8. The summed E-state index contributed by atoms with van der Waals surface area (Å²) in [4.78, 5) is 26.0. The number of esters is 1. The quantitative estimate of drug-likeness (QED) is 0.535. The van der Waals surface area contributed by atoms with Crippen LogP contribution in [0.2, 0.25) is 0 Å². The minimum absolute atomic E-state index is 0.0119. The van der Waals surface area contributed by atoms with Gasteiger partial charge in [-0.1, -0.05) is 30.3 Å². The largest absolute Gasteiger partial charge is 0.466 e. The monoisotopic (exact) mass is 433 g/mol. The van der Waals surface area contributed by atoms with Crippen molar-refractivity contribution in [3.8, 4) is 11.1 Å². The van der Waals surface area contributed by atoms with Gasteiger partial charge in [-0.25, -0.2) is 0 Å². The van der Waals surface area contributed by atoms with Crippen LogP contribution in [0.5, 0.6) is 0 Å². The number of halogens is 3. The van der Waals surface area contributed by atoms with Gasteiger partial charge in [0, 0.05) is 19.0 Å². The fourth-order valence-corrected chi connectivity index (χ4v) is 3.55. The van der Waals surface area contributed by atoms with Gasteiger partial charge in [-0.05, 0) is 61.1 Å². The van der Waals surface area contributed by atoms with Gasteiger partial charge in [0.2, 0.25) is 5.91 Å². The first-order valence-corrected chi connectivity index (χ1v) is 10.5. The highest BCUT2D eigenvalue weighted by Gasteiger charge is 2.34. The van der Waals surface area contributed by atoms with Crippen LogP contribution in [-0.4, -0.2) is 29.9 Å². The Balaban J connectivity index is 1.97. The summed E-state index contributed by atoms with van der Waals surface area (Å²) in [6.07, 6.45) is -2.73. The number of carbonyl (C=O) groups excluding carboxylic acids is 2. The first-order valence-electron chi connectivity index (χ1n) is 10.5. The summed E-state index contributed by atoms with van der Waals surface area (Å²) in [5.41, 5.74) is 1.70. The summed E-state index contributed by atoms with van der Waals surface area (Å²) in [5.74, 6) is -0.386. The van der Waals surface area contributed by atoms with Crippen molar-refractivity contribution in [2.45, 2.75) is 45.8 Å². The second-order valence-electron chi connectivity index (χ2n) is 7.68. The Morgan fingerprint density at radius 1 is 1.10 bits per heavy atom. The number of carbonyl (C=O) groups is 2. The highest BCUT2D eigenvalue weighted by molar-refractivity contribution is 5.81. The Hall–Kier alpha value is -2.83. The van der Waals surface area contributed by atoms with Crippen molar-refractivity contribution < 1.29 is 27.5 Å². The van der Waals surface area contributed by atoms with E-state index in [1.807, 2.05) is 6.92 Å². The molecule has 0 saturated heterocycles. The Bertz CT molecular complexity index is 951. The van der Waals surface area contributed by atoms with Gasteiger partial charge >= 0.3 is 12.1 Å². The molecule has 0 radical (unpaired) electrons. The molecular weight excluding hydrogens is 407 g/mol. The Kier molecular flexibility index (Phi) is 7.03. The van der Waals surface area contributed by atoms with Gasteiger partial charge in [0.1, 0.15) is 0 Å². The van der Waals surface area contributed by atoms with Gasteiger partial charge in [-0.15, -0.1) is 0 Å². The molecule has 2 aromatic rings. The normalized spacial score (nSPS) is 13.7. The van der Waals surface area contributed by atoms with Crippen molar-refractivity contribution >= 4 is 11.9 Å². The fourth-order valence-electron chi connectivity index (χ4n) is 3.55. The van der Waals surface area contributed by atoms with Gasteiger partial charge in [0.25, 0.3) is 0 Å². The zero-order valence-corrected chi connectivity index (χ0v) is 17.7. The molecule has 0 N–H and O–H groups in total. The number of alkyl halides is 3. The lowest BCUT2D eigenvalue weighted by Gasteiger charge is -2.23. The van der Waals surface area contributed by atoms with E-state index in [0.29, 0.717) is 28.8 Å². The summed E-state index contributed by atoms with van der Waals surface area (Å²) in [7, 11) is 0. The molecule has 31 heavy (non-hydrogen) atoms. The molecule has 1 aliphatic rings. The van der Waals surface area contributed by atoms with E-state index >= 15 is 0 Å². The summed E-state index contributed by atoms with van der Waals surface area (Å²) >= 11 is 0. The molecule has 0 unspecified atom stereocenters. The molecule has 3 rings (SSSR count). The Morgan fingerprint density at radius 2 is 1.84 bits per heavy atom. The Morgan fingerprint density at radius 3 is 2.45 bits per heavy atom. The van der Waals surface area contributed by atoms with Crippen LogP contribution in [0.4, 0.5) is 13.2 Å². The summed E-state index contributed by atoms with van der Waals surface area (Å²) in [5, 5.41) is 0. The summed E-state index contributed by atoms with van der Waals surface area (Å²) in [6.45, 7) is 4.36. The summed E-state index contributed by atoms with van der Waals surface area (Å²) < 4.78 is 45.1. The van der Waals surface area contributed by atoms with Crippen molar-refractivity contribution in [1.82, 2.24) is 4.90 Å². The van der Waals surface area contributed by atoms with E-state index in [0.717, 1.165) is 25.0 Å². The van der Waals surface area contributed by atoms with Gasteiger partial charge in [0.15, 0.2) is 0 Å². The van der Waals surface area contributed by atoms with Crippen LogP contribution in [0.15, 0.2) is 42.5 Å². The SMILES string of the molecule is CCOC(=O)Cc1cccc(-c2ccc(C(F)(F)F)cc2CN(CC)C(=O)C2CC2)c1. The van der Waals surface area contributed by atoms with E-state index in [9.17, 15) is 22.8 Å². The van der Waals surface area contributed by atoms with Crippen LogP contribution >= 0.6 is 0 Å². The maximum atomic E-state index is 13.4. The smallest absolute Gasteiger partial charge is 0.416 e. The molecule has 4 nitrogen and oxygen atoms in total. The lowest BCUT2D eigenvalue weighted by Crippen LogP contribution is -2.31. The number of benzene rings is 2. The maximum absolute atomic E-state index is 13.4. The molecule has 0 spiro atoms. The van der Waals surface area contributed by atoms with Gasteiger partial charge in [-0.2, -0.15) is 13.2 Å². The van der Waals surface area contributed by atoms with Gasteiger partial charge < -0.3 is 9.64 Å². The first-order chi connectivity index (χ1) is 14.7. The molecule has 166 valence electrons. The van der Waals surface area contributed by atoms with E-state index in [2.05, 4.69) is 0 Å². The lowest BCUT2D eigenvalue weighted by atomic mass is 9.95. The topological polar surface area (TPSA) is 46.6 Å². The summed E-state index contributed by atoms with van der Waals surface area (Å²) in [6, 6.07) is 10.7. The third-order valence-electron chi connectivity index (χ3n) is 5.31. The average molecular weight is 433 g/mol. The van der Waals surface area contributed by atoms with Gasteiger partial charge in [-0.3, -0.25) is 9.59 Å². The number of nitrogens with zero attached hydrogens (tertiary/aromatic N) is 1. The minimum Gasteiger partial charge on any atom is -0.466 e. The third-order valence-corrected chi connectivity index (χ3v) is 5.31. The molecule has 7 heteroatoms. The number of ether oxygens (including phenoxy) is 1. The fraction of sp³-hybridized carbons (Fsp3) is 0.417. The molecule has 1 fully saturated rings. The lowest BCUT2D eigenvalue weighted by molar-refractivity contribution is -0.142. The molecule has 1 saturated carbocycles. The molecule has 0 atom stereocenters. The molecule has 1 aliphatic carbocycles. The van der Waals surface area contributed by atoms with E-state index in [1.165, 1.54) is 6.07 Å². The first kappa shape index (κ1) is 22.8. The van der Waals surface area contributed by atoms with Crippen molar-refractivity contribution in [3.05, 3.63) is 59.2 Å². The molecular formula is C24H26F3NO3. The predicted molar refractivity (Wildman–Crippen MR) is 111 cm³/mol. The van der Waals surface area contributed by atoms with E-state index in [4.69, 9.17) is 4.74 Å². The molecule has 0 aliphatic heterocycles. The van der Waals surface area contributed by atoms with Crippen LogP contribution in [0.1, 0.15) is 43.4 Å². The van der Waals surface area contributed by atoms with Crippen LogP contribution in [-0.2, 0) is 33.5 Å². The standard InChI is InChI=1S/C24H26F3NO3/c1-3-28(23(30)17-8-9-17)15-19-14-20(24(25,26)27)10-11-21(19)18-7-5-6-16(12-18)13-22(29)31-4-2/h5-7,10-12,14,17H,3-4,8-9,13,15H2,1-2H3. The second-order valence-corrected chi connectivity index (χ2v) is 7.68. The van der Waals surface area contributed by atoms with Crippen molar-refractivity contribution in [3.63, 3.8) is 0 Å². The van der Waals surface area contributed by atoms with E-state index < -0.39 is 11.7 Å². The molecule has 0 bridgehead atoms. The van der Waals surface area contributed by atoms with Crippen molar-refractivity contribution in [1.29, 1.82) is 0 Å². The van der Waals surface area contributed by atoms with E-state index in [-0.39, 0.29) is 37.4 Å². The van der Waals surface area contributed by atoms with Crippen LogP contribution in [0.3, 0.4) is 0 Å². The van der Waals surface area contributed by atoms with Crippen LogP contribution in [0.25, 0.3) is 11.1 Å². The number of hydrogen-bond acceptors (Lipinski definition) is 3. The zero-order chi connectivity index (χ0) is 22.6. The second kappa shape index (κ2) is 9.54. The van der Waals surface area contributed by atoms with Crippen LogP contribution in [0, 0.1) is 5.92 Å². The number of hydrogen-bond donors (Lipinski definition) is 0. The average Bonchev–Trinajstić information content (AvgIpc) is 3.56. The molecule has 2 aromatic carbocycles. The third kappa shape index (κ3) is 5.87. The number of amides is 1. The molecule has 0 heterocycles. The highest BCUT2D eigenvalue weighted by Crippen LogP contribution is 2.36. The van der Waals surface area contributed by atoms with Crippen molar-refractivity contribution in [2.75, 3.05) is 13.2 Å². The molecule has 1 amide bonds. The minimum atomic E-state index is -4.48.